The number of hydrogen-bond donors (Lipinski definition) is 1. The van der Waals surface area contributed by atoms with Gasteiger partial charge in [-0.15, -0.1) is 0 Å². The van der Waals surface area contributed by atoms with Gasteiger partial charge in [0.2, 0.25) is 0 Å². The van der Waals surface area contributed by atoms with Crippen LogP contribution in [0.15, 0.2) is 18.2 Å². The summed E-state index contributed by atoms with van der Waals surface area (Å²) in [5, 5.41) is 20.5. The Kier molecular flexibility index (Phi) is 4.87. The molecule has 10 heteroatoms. The minimum Gasteiger partial charge on any atom is -0.480 e. The third kappa shape index (κ3) is 3.13. The molecule has 0 radical (unpaired) electrons. The summed E-state index contributed by atoms with van der Waals surface area (Å²) in [5.74, 6) is -1.78. The molecule has 2 aliphatic heterocycles. The predicted octanol–water partition coefficient (Wildman–Crippen LogP) is 1.60. The van der Waals surface area contributed by atoms with E-state index in [-0.39, 0.29) is 17.2 Å². The van der Waals surface area contributed by atoms with Crippen molar-refractivity contribution in [3.05, 3.63) is 38.9 Å². The molecule has 1 N–H and O–H groups in total. The molecule has 0 saturated carbocycles. The Morgan fingerprint density at radius 3 is 2.62 bits per heavy atom. The zero-order chi connectivity index (χ0) is 19.1. The smallest absolute Gasteiger partial charge is 0.328 e. The van der Waals surface area contributed by atoms with E-state index >= 15 is 0 Å². The molecular weight excluding hydrogens is 366 g/mol. The number of amides is 1. The molecule has 0 aromatic heterocycles. The number of hydrogen-bond acceptors (Lipinski definition) is 6. The van der Waals surface area contributed by atoms with Gasteiger partial charge in [-0.05, 0) is 19.2 Å². The quantitative estimate of drug-likeness (QED) is 0.622. The molecule has 1 aromatic rings. The molecule has 0 bridgehead atoms. The first-order valence-electron chi connectivity index (χ1n) is 8.08. The number of nitro groups is 1. The van der Waals surface area contributed by atoms with Crippen LogP contribution in [0.3, 0.4) is 0 Å². The molecule has 2 heterocycles. The van der Waals surface area contributed by atoms with Crippen LogP contribution in [0, 0.1) is 10.1 Å². The number of carbonyl (C=O) groups is 2. The van der Waals surface area contributed by atoms with Gasteiger partial charge in [-0.3, -0.25) is 19.8 Å². The van der Waals surface area contributed by atoms with Crippen molar-refractivity contribution >= 4 is 29.2 Å². The van der Waals surface area contributed by atoms with E-state index in [1.807, 2.05) is 7.05 Å². The lowest BCUT2D eigenvalue weighted by molar-refractivity contribution is -0.384. The van der Waals surface area contributed by atoms with Gasteiger partial charge < -0.3 is 14.7 Å². The standard InChI is InChI=1S/C16H18ClN3O6/c1-18-6-4-16(5-7-18)19(13(9-26-16)15(22)23)14(21)10-2-3-11(17)12(8-10)20(24)25/h2-3,8,13H,4-7,9H2,1H3,(H,22,23)/t13-/m1/s1. The van der Waals surface area contributed by atoms with E-state index in [1.165, 1.54) is 17.0 Å². The van der Waals surface area contributed by atoms with Crippen molar-refractivity contribution in [2.75, 3.05) is 26.7 Å². The van der Waals surface area contributed by atoms with E-state index in [0.29, 0.717) is 25.9 Å². The SMILES string of the molecule is CN1CCC2(CC1)OC[C@H](C(=O)O)N2C(=O)c1ccc(Cl)c([N+](=O)[O-])c1. The second-order valence-corrected chi connectivity index (χ2v) is 6.92. The number of ether oxygens (including phenoxy) is 1. The van der Waals surface area contributed by atoms with Crippen molar-refractivity contribution < 1.29 is 24.4 Å². The Morgan fingerprint density at radius 1 is 1.38 bits per heavy atom. The fraction of sp³-hybridized carbons (Fsp3) is 0.500. The number of nitro benzene ring substituents is 1. The molecule has 140 valence electrons. The maximum absolute atomic E-state index is 13.1. The van der Waals surface area contributed by atoms with E-state index in [9.17, 15) is 24.8 Å². The van der Waals surface area contributed by atoms with Gasteiger partial charge in [0.1, 0.15) is 10.7 Å². The molecule has 0 aliphatic carbocycles. The highest BCUT2D eigenvalue weighted by Crippen LogP contribution is 2.38. The molecule has 3 rings (SSSR count). The summed E-state index contributed by atoms with van der Waals surface area (Å²) in [5.41, 5.74) is -1.40. The highest BCUT2D eigenvalue weighted by atomic mass is 35.5. The average molecular weight is 384 g/mol. The van der Waals surface area contributed by atoms with Crippen LogP contribution in [0.2, 0.25) is 5.02 Å². The average Bonchev–Trinajstić information content (AvgIpc) is 2.96. The predicted molar refractivity (Wildman–Crippen MR) is 91.1 cm³/mol. The van der Waals surface area contributed by atoms with Crippen molar-refractivity contribution in [3.8, 4) is 0 Å². The number of carboxylic acids is 1. The molecule has 1 spiro atoms. The van der Waals surface area contributed by atoms with Crippen LogP contribution < -0.4 is 0 Å². The van der Waals surface area contributed by atoms with Gasteiger partial charge in [-0.1, -0.05) is 11.6 Å². The van der Waals surface area contributed by atoms with Crippen LogP contribution in [0.25, 0.3) is 0 Å². The monoisotopic (exact) mass is 383 g/mol. The number of piperidine rings is 1. The van der Waals surface area contributed by atoms with Crippen LogP contribution in [0.4, 0.5) is 5.69 Å². The van der Waals surface area contributed by atoms with Crippen molar-refractivity contribution in [3.63, 3.8) is 0 Å². The van der Waals surface area contributed by atoms with Gasteiger partial charge in [0.25, 0.3) is 11.6 Å². The van der Waals surface area contributed by atoms with Crippen molar-refractivity contribution in [1.82, 2.24) is 9.80 Å². The number of rotatable bonds is 3. The summed E-state index contributed by atoms with van der Waals surface area (Å²) in [4.78, 5) is 38.5. The van der Waals surface area contributed by atoms with Crippen molar-refractivity contribution in [2.45, 2.75) is 24.6 Å². The molecule has 2 saturated heterocycles. The number of carboxylic acid groups (broad SMARTS) is 1. The fourth-order valence-electron chi connectivity index (χ4n) is 3.45. The third-order valence-corrected chi connectivity index (χ3v) is 5.24. The zero-order valence-corrected chi connectivity index (χ0v) is 14.8. The van der Waals surface area contributed by atoms with Crippen LogP contribution in [-0.4, -0.2) is 70.2 Å². The molecule has 1 aromatic carbocycles. The first-order chi connectivity index (χ1) is 12.2. The maximum atomic E-state index is 13.1. The number of halogens is 1. The number of benzene rings is 1. The fourth-order valence-corrected chi connectivity index (χ4v) is 3.63. The zero-order valence-electron chi connectivity index (χ0n) is 14.1. The second kappa shape index (κ2) is 6.82. The largest absolute Gasteiger partial charge is 0.480 e. The Labute approximate surface area is 154 Å². The molecule has 2 fully saturated rings. The van der Waals surface area contributed by atoms with Gasteiger partial charge >= 0.3 is 5.97 Å². The minimum absolute atomic E-state index is 0.0103. The minimum atomic E-state index is -1.17. The maximum Gasteiger partial charge on any atom is 0.328 e. The van der Waals surface area contributed by atoms with E-state index < -0.39 is 34.3 Å². The highest BCUT2D eigenvalue weighted by Gasteiger charge is 2.53. The molecule has 0 unspecified atom stereocenters. The van der Waals surface area contributed by atoms with E-state index in [0.717, 1.165) is 6.07 Å². The van der Waals surface area contributed by atoms with Gasteiger partial charge in [0.05, 0.1) is 11.5 Å². The van der Waals surface area contributed by atoms with Crippen LogP contribution >= 0.6 is 11.6 Å². The first-order valence-corrected chi connectivity index (χ1v) is 8.46. The third-order valence-electron chi connectivity index (χ3n) is 4.92. The summed E-state index contributed by atoms with van der Waals surface area (Å²) in [6.07, 6.45) is 0.934. The molecule has 2 aliphatic rings. The second-order valence-electron chi connectivity index (χ2n) is 6.51. The Bertz CT molecular complexity index is 762. The number of carbonyl (C=O) groups excluding carboxylic acids is 1. The topological polar surface area (TPSA) is 113 Å². The normalized spacial score (nSPS) is 22.5. The Hall–Kier alpha value is -2.23. The van der Waals surface area contributed by atoms with Crippen molar-refractivity contribution in [2.24, 2.45) is 0 Å². The lowest BCUT2D eigenvalue weighted by atomic mass is 9.97. The molecule has 1 atom stereocenters. The lowest BCUT2D eigenvalue weighted by Gasteiger charge is -2.43. The number of aliphatic carboxylic acids is 1. The van der Waals surface area contributed by atoms with E-state index in [4.69, 9.17) is 16.3 Å². The van der Waals surface area contributed by atoms with Crippen LogP contribution in [0.5, 0.6) is 0 Å². The van der Waals surface area contributed by atoms with Crippen LogP contribution in [0.1, 0.15) is 23.2 Å². The lowest BCUT2D eigenvalue weighted by Crippen LogP contribution is -2.57. The number of nitrogens with zero attached hydrogens (tertiary/aromatic N) is 3. The van der Waals surface area contributed by atoms with E-state index in [1.54, 1.807) is 0 Å². The summed E-state index contributed by atoms with van der Waals surface area (Å²) >= 11 is 5.80. The molecule has 9 nitrogen and oxygen atoms in total. The molecule has 1 amide bonds. The number of likely N-dealkylation sites (tertiary alicyclic amines) is 1. The van der Waals surface area contributed by atoms with Gasteiger partial charge in [0.15, 0.2) is 6.04 Å². The summed E-state index contributed by atoms with van der Waals surface area (Å²) in [7, 11) is 1.94. The van der Waals surface area contributed by atoms with Crippen molar-refractivity contribution in [1.29, 1.82) is 0 Å². The Morgan fingerprint density at radius 2 is 2.04 bits per heavy atom. The van der Waals surface area contributed by atoms with Gasteiger partial charge in [-0.2, -0.15) is 0 Å². The summed E-state index contributed by atoms with van der Waals surface area (Å²) in [6, 6.07) is 2.56. The first kappa shape index (κ1) is 18.6. The highest BCUT2D eigenvalue weighted by molar-refractivity contribution is 6.32. The molecular formula is C16H18ClN3O6. The van der Waals surface area contributed by atoms with Gasteiger partial charge in [0, 0.05) is 37.6 Å². The summed E-state index contributed by atoms with van der Waals surface area (Å²) < 4.78 is 5.80. The van der Waals surface area contributed by atoms with E-state index in [2.05, 4.69) is 4.90 Å². The van der Waals surface area contributed by atoms with Gasteiger partial charge in [-0.25, -0.2) is 4.79 Å². The van der Waals surface area contributed by atoms with Crippen LogP contribution in [-0.2, 0) is 9.53 Å². The Balaban J connectivity index is 1.99. The molecule has 26 heavy (non-hydrogen) atoms. The summed E-state index contributed by atoms with van der Waals surface area (Å²) in [6.45, 7) is 1.19.